The molecule has 108 valence electrons. The Hall–Kier alpha value is -1.72. The molecule has 0 spiro atoms. The van der Waals surface area contributed by atoms with Gasteiger partial charge in [0.05, 0.1) is 5.52 Å². The summed E-state index contributed by atoms with van der Waals surface area (Å²) in [6.07, 6.45) is 5.45. The molecule has 4 nitrogen and oxygen atoms in total. The normalized spacial score (nSPS) is 14.6. The molecule has 0 unspecified atom stereocenters. The van der Waals surface area contributed by atoms with Gasteiger partial charge in [0, 0.05) is 43.3 Å². The molecule has 3 aromatic rings. The van der Waals surface area contributed by atoms with E-state index < -0.39 is 0 Å². The lowest BCUT2D eigenvalue weighted by Gasteiger charge is -2.05. The average Bonchev–Trinajstić information content (AvgIpc) is 2.88. The summed E-state index contributed by atoms with van der Waals surface area (Å²) < 4.78 is 4.33. The molecule has 5 heteroatoms. The van der Waals surface area contributed by atoms with E-state index in [9.17, 15) is 0 Å². The zero-order chi connectivity index (χ0) is 14.4. The van der Waals surface area contributed by atoms with Gasteiger partial charge < -0.3 is 9.88 Å². The molecular weight excluding hydrogens is 280 g/mol. The van der Waals surface area contributed by atoms with Crippen molar-refractivity contribution in [3.05, 3.63) is 47.5 Å². The van der Waals surface area contributed by atoms with Crippen molar-refractivity contribution >= 4 is 22.9 Å². The number of nitrogens with zero attached hydrogens (tertiary/aromatic N) is 3. The van der Waals surface area contributed by atoms with Gasteiger partial charge in [-0.1, -0.05) is 12.1 Å². The zero-order valence-corrected chi connectivity index (χ0v) is 13.1. The molecule has 1 aliphatic rings. The van der Waals surface area contributed by atoms with E-state index in [1.165, 1.54) is 22.0 Å². The predicted octanol–water partition coefficient (Wildman–Crippen LogP) is 2.88. The fourth-order valence-corrected chi connectivity index (χ4v) is 3.96. The Balaban J connectivity index is 1.82. The van der Waals surface area contributed by atoms with Gasteiger partial charge in [-0.2, -0.15) is 0 Å². The zero-order valence-electron chi connectivity index (χ0n) is 12.3. The first kappa shape index (κ1) is 13.0. The Kier molecular flexibility index (Phi) is 3.05. The third-order valence-corrected chi connectivity index (χ3v) is 5.01. The van der Waals surface area contributed by atoms with Crippen molar-refractivity contribution < 1.29 is 0 Å². The van der Waals surface area contributed by atoms with Gasteiger partial charge in [-0.15, -0.1) is 0 Å². The molecule has 0 bridgehead atoms. The highest BCUT2D eigenvalue weighted by Crippen LogP contribution is 2.32. The van der Waals surface area contributed by atoms with Gasteiger partial charge in [0.15, 0.2) is 0 Å². The first-order valence-corrected chi connectivity index (χ1v) is 8.00. The molecule has 0 saturated carbocycles. The molecule has 4 rings (SSSR count). The average molecular weight is 298 g/mol. The van der Waals surface area contributed by atoms with Gasteiger partial charge in [-0.3, -0.25) is 3.97 Å². The summed E-state index contributed by atoms with van der Waals surface area (Å²) in [6, 6.07) is 6.58. The van der Waals surface area contributed by atoms with Crippen molar-refractivity contribution in [2.75, 3.05) is 6.54 Å². The minimum absolute atomic E-state index is 0.960. The van der Waals surface area contributed by atoms with E-state index in [0.29, 0.717) is 0 Å². The fraction of sp³-hybridized carbons (Fsp3) is 0.312. The van der Waals surface area contributed by atoms with Crippen LogP contribution in [-0.4, -0.2) is 20.1 Å². The van der Waals surface area contributed by atoms with Crippen LogP contribution in [0.4, 0.5) is 0 Å². The molecule has 0 aliphatic carbocycles. The molecule has 0 radical (unpaired) electrons. The number of imidazole rings is 1. The van der Waals surface area contributed by atoms with Crippen molar-refractivity contribution in [2.24, 2.45) is 7.05 Å². The summed E-state index contributed by atoms with van der Waals surface area (Å²) in [4.78, 5) is 4.60. The van der Waals surface area contributed by atoms with Crippen LogP contribution in [0.3, 0.4) is 0 Å². The van der Waals surface area contributed by atoms with E-state index in [-0.39, 0.29) is 0 Å². The first-order valence-electron chi connectivity index (χ1n) is 7.23. The molecule has 0 amide bonds. The lowest BCUT2D eigenvalue weighted by atomic mass is 10.1. The van der Waals surface area contributed by atoms with Crippen LogP contribution in [0.1, 0.15) is 17.0 Å². The van der Waals surface area contributed by atoms with E-state index in [0.717, 1.165) is 30.4 Å². The second kappa shape index (κ2) is 4.93. The van der Waals surface area contributed by atoms with Crippen LogP contribution in [0.25, 0.3) is 10.9 Å². The summed E-state index contributed by atoms with van der Waals surface area (Å²) in [5, 5.41) is 5.95. The van der Waals surface area contributed by atoms with Crippen LogP contribution >= 0.6 is 11.9 Å². The molecular formula is C16H18N4S. The van der Waals surface area contributed by atoms with Crippen molar-refractivity contribution in [3.63, 3.8) is 0 Å². The van der Waals surface area contributed by atoms with Crippen LogP contribution in [-0.2, 0) is 20.0 Å². The van der Waals surface area contributed by atoms with Crippen LogP contribution in [0, 0.1) is 6.92 Å². The Labute approximate surface area is 128 Å². The monoisotopic (exact) mass is 298 g/mol. The van der Waals surface area contributed by atoms with E-state index in [4.69, 9.17) is 0 Å². The number of hydrogen-bond acceptors (Lipinski definition) is 3. The molecule has 0 saturated heterocycles. The van der Waals surface area contributed by atoms with E-state index in [2.05, 4.69) is 49.4 Å². The maximum Gasteiger partial charge on any atom is 0.135 e. The molecule has 1 aromatic carbocycles. The Morgan fingerprint density at radius 1 is 1.24 bits per heavy atom. The number of benzene rings is 1. The number of rotatable bonds is 2. The quantitative estimate of drug-likeness (QED) is 0.790. The molecule has 1 aliphatic heterocycles. The van der Waals surface area contributed by atoms with Gasteiger partial charge in [-0.25, -0.2) is 4.98 Å². The molecule has 3 heterocycles. The third kappa shape index (κ3) is 2.17. The molecule has 21 heavy (non-hydrogen) atoms. The van der Waals surface area contributed by atoms with Crippen LogP contribution < -0.4 is 5.32 Å². The SMILES string of the molecule is Cc1nc(Sn2cc3c4c(cccc42)CNCC3)cn1C. The van der Waals surface area contributed by atoms with Gasteiger partial charge >= 0.3 is 0 Å². The topological polar surface area (TPSA) is 34.8 Å². The highest BCUT2D eigenvalue weighted by atomic mass is 32.2. The summed E-state index contributed by atoms with van der Waals surface area (Å²) >= 11 is 1.70. The van der Waals surface area contributed by atoms with Gasteiger partial charge in [-0.05, 0) is 37.1 Å². The minimum Gasteiger partial charge on any atom is -0.337 e. The number of aryl methyl sites for hydroxylation is 2. The van der Waals surface area contributed by atoms with Gasteiger partial charge in [0.2, 0.25) is 0 Å². The largest absolute Gasteiger partial charge is 0.337 e. The fourth-order valence-electron chi connectivity index (χ4n) is 2.95. The van der Waals surface area contributed by atoms with Crippen LogP contribution in [0.5, 0.6) is 0 Å². The highest BCUT2D eigenvalue weighted by molar-refractivity contribution is 7.97. The summed E-state index contributed by atoms with van der Waals surface area (Å²) in [5.41, 5.74) is 4.13. The molecule has 0 fully saturated rings. The molecule has 0 atom stereocenters. The van der Waals surface area contributed by atoms with Crippen molar-refractivity contribution in [2.45, 2.75) is 24.9 Å². The highest BCUT2D eigenvalue weighted by Gasteiger charge is 2.16. The Morgan fingerprint density at radius 3 is 2.95 bits per heavy atom. The minimum atomic E-state index is 0.960. The number of hydrogen-bond donors (Lipinski definition) is 1. The van der Waals surface area contributed by atoms with Crippen LogP contribution in [0.15, 0.2) is 35.6 Å². The number of nitrogens with one attached hydrogen (secondary N) is 1. The first-order chi connectivity index (χ1) is 10.2. The van der Waals surface area contributed by atoms with Gasteiger partial charge in [0.25, 0.3) is 0 Å². The second-order valence-electron chi connectivity index (χ2n) is 5.55. The van der Waals surface area contributed by atoms with E-state index in [1.807, 2.05) is 14.0 Å². The summed E-state index contributed by atoms with van der Waals surface area (Å²) in [6.45, 7) is 4.04. The van der Waals surface area contributed by atoms with E-state index in [1.54, 1.807) is 11.9 Å². The van der Waals surface area contributed by atoms with Crippen molar-refractivity contribution in [1.82, 2.24) is 18.8 Å². The predicted molar refractivity (Wildman–Crippen MR) is 86.5 cm³/mol. The smallest absolute Gasteiger partial charge is 0.135 e. The summed E-state index contributed by atoms with van der Waals surface area (Å²) in [7, 11) is 2.04. The lowest BCUT2D eigenvalue weighted by molar-refractivity contribution is 0.701. The Bertz CT molecular complexity index is 796. The summed E-state index contributed by atoms with van der Waals surface area (Å²) in [5.74, 6) is 1.04. The third-order valence-electron chi connectivity index (χ3n) is 4.13. The van der Waals surface area contributed by atoms with Gasteiger partial charge in [0.1, 0.15) is 10.9 Å². The maximum absolute atomic E-state index is 4.60. The second-order valence-corrected chi connectivity index (χ2v) is 6.54. The number of aromatic nitrogens is 3. The van der Waals surface area contributed by atoms with Crippen LogP contribution in [0.2, 0.25) is 0 Å². The Morgan fingerprint density at radius 2 is 2.14 bits per heavy atom. The molecule has 2 aromatic heterocycles. The molecule has 1 N–H and O–H groups in total. The standard InChI is InChI=1S/C16H18N4S/c1-11-18-15(10-19(11)2)21-20-9-13-6-7-17-8-12-4-3-5-14(20)16(12)13/h3-5,9-10,17H,6-8H2,1-2H3. The van der Waals surface area contributed by atoms with E-state index >= 15 is 0 Å². The lowest BCUT2D eigenvalue weighted by Crippen LogP contribution is -2.13. The van der Waals surface area contributed by atoms with Crippen molar-refractivity contribution in [1.29, 1.82) is 0 Å². The van der Waals surface area contributed by atoms with Crippen molar-refractivity contribution in [3.8, 4) is 0 Å². The maximum atomic E-state index is 4.60.